The van der Waals surface area contributed by atoms with Gasteiger partial charge < -0.3 is 15.3 Å². The second kappa shape index (κ2) is 6.96. The zero-order valence-electron chi connectivity index (χ0n) is 11.2. The molecule has 1 aromatic rings. The Hall–Kier alpha value is -2.25. The first-order valence-corrected chi connectivity index (χ1v) is 6.14. The lowest BCUT2D eigenvalue weighted by atomic mass is 10.1. The van der Waals surface area contributed by atoms with Gasteiger partial charge in [-0.1, -0.05) is 30.3 Å². The summed E-state index contributed by atoms with van der Waals surface area (Å²) in [5, 5.41) is 11.2. The first-order valence-electron chi connectivity index (χ1n) is 6.14. The van der Waals surface area contributed by atoms with Crippen LogP contribution in [-0.2, 0) is 4.79 Å². The fraction of sp³-hybridized carbons (Fsp3) is 0.385. The molecular weight excluding hydrogens is 289 g/mol. The molecule has 0 aromatic heterocycles. The maximum Gasteiger partial charge on any atom is 0.406 e. The molecule has 1 aromatic carbocycles. The monoisotopic (exact) mass is 304 g/mol. The first kappa shape index (κ1) is 16.8. The number of benzene rings is 1. The van der Waals surface area contributed by atoms with Crippen LogP contribution >= 0.6 is 0 Å². The molecule has 0 heterocycles. The second-order valence-electron chi connectivity index (χ2n) is 4.26. The molecule has 5 nitrogen and oxygen atoms in total. The summed E-state index contributed by atoms with van der Waals surface area (Å²) in [7, 11) is 0. The van der Waals surface area contributed by atoms with Gasteiger partial charge in [0.05, 0.1) is 0 Å². The van der Waals surface area contributed by atoms with Crippen LogP contribution < -0.4 is 5.32 Å². The molecule has 2 amide bonds. The van der Waals surface area contributed by atoms with Gasteiger partial charge in [0.15, 0.2) is 6.04 Å². The van der Waals surface area contributed by atoms with Crippen LogP contribution in [0.3, 0.4) is 0 Å². The second-order valence-corrected chi connectivity index (χ2v) is 4.26. The Kier molecular flexibility index (Phi) is 5.57. The number of carbonyl (C=O) groups is 2. The number of carbonyl (C=O) groups excluding carboxylic acids is 1. The molecule has 1 atom stereocenters. The van der Waals surface area contributed by atoms with Gasteiger partial charge in [0, 0.05) is 6.54 Å². The van der Waals surface area contributed by atoms with E-state index >= 15 is 0 Å². The van der Waals surface area contributed by atoms with Crippen molar-refractivity contribution in [2.75, 3.05) is 13.1 Å². The van der Waals surface area contributed by atoms with Crippen molar-refractivity contribution in [3.05, 3.63) is 35.9 Å². The van der Waals surface area contributed by atoms with E-state index in [1.54, 1.807) is 18.2 Å². The van der Waals surface area contributed by atoms with Crippen molar-refractivity contribution < 1.29 is 27.9 Å². The van der Waals surface area contributed by atoms with Crippen molar-refractivity contribution >= 4 is 12.0 Å². The summed E-state index contributed by atoms with van der Waals surface area (Å²) in [6.07, 6.45) is -4.54. The number of alkyl halides is 3. The molecule has 0 fully saturated rings. The van der Waals surface area contributed by atoms with Gasteiger partial charge in [-0.05, 0) is 12.5 Å². The lowest BCUT2D eigenvalue weighted by molar-refractivity contribution is -0.140. The average molecular weight is 304 g/mol. The smallest absolute Gasteiger partial charge is 0.406 e. The molecule has 0 aliphatic carbocycles. The lowest BCUT2D eigenvalue weighted by Gasteiger charge is -2.25. The quantitative estimate of drug-likeness (QED) is 0.877. The van der Waals surface area contributed by atoms with Crippen molar-refractivity contribution in [3.63, 3.8) is 0 Å². The van der Waals surface area contributed by atoms with Crippen LogP contribution in [0.25, 0.3) is 0 Å². The van der Waals surface area contributed by atoms with Crippen molar-refractivity contribution in [1.82, 2.24) is 10.2 Å². The molecule has 21 heavy (non-hydrogen) atoms. The molecule has 0 unspecified atom stereocenters. The van der Waals surface area contributed by atoms with E-state index in [2.05, 4.69) is 5.32 Å². The number of carboxylic acid groups (broad SMARTS) is 1. The summed E-state index contributed by atoms with van der Waals surface area (Å²) in [6, 6.07) is 5.27. The largest absolute Gasteiger partial charge is 0.479 e. The number of hydrogen-bond donors (Lipinski definition) is 2. The Morgan fingerprint density at radius 1 is 1.29 bits per heavy atom. The normalized spacial score (nSPS) is 12.6. The molecule has 0 spiro atoms. The minimum absolute atomic E-state index is 0.188. The third-order valence-electron chi connectivity index (χ3n) is 2.69. The maximum absolute atomic E-state index is 12.3. The van der Waals surface area contributed by atoms with Gasteiger partial charge in [0.2, 0.25) is 0 Å². The summed E-state index contributed by atoms with van der Waals surface area (Å²) >= 11 is 0. The van der Waals surface area contributed by atoms with Crippen LogP contribution in [0.2, 0.25) is 0 Å². The number of nitrogens with zero attached hydrogens (tertiary/aromatic N) is 1. The number of hydrogen-bond acceptors (Lipinski definition) is 2. The van der Waals surface area contributed by atoms with Crippen LogP contribution in [0.1, 0.15) is 18.5 Å². The standard InChI is InChI=1S/C13H15F3N2O3/c1-2-18(8-13(14,15)16)12(21)17-10(11(19)20)9-6-4-3-5-7-9/h3-7,10H,2,8H2,1H3,(H,17,21)(H,19,20)/t10-/m1/s1. The summed E-state index contributed by atoms with van der Waals surface area (Å²) in [5.41, 5.74) is 0.279. The summed E-state index contributed by atoms with van der Waals surface area (Å²) in [6.45, 7) is -0.244. The highest BCUT2D eigenvalue weighted by atomic mass is 19.4. The molecule has 0 aliphatic rings. The van der Waals surface area contributed by atoms with E-state index in [9.17, 15) is 22.8 Å². The van der Waals surface area contributed by atoms with E-state index in [0.29, 0.717) is 4.90 Å². The molecule has 0 saturated carbocycles. The zero-order chi connectivity index (χ0) is 16.0. The highest BCUT2D eigenvalue weighted by Crippen LogP contribution is 2.18. The predicted octanol–water partition coefficient (Wildman–Crippen LogP) is 2.41. The minimum Gasteiger partial charge on any atom is -0.479 e. The molecule has 0 bridgehead atoms. The van der Waals surface area contributed by atoms with E-state index in [4.69, 9.17) is 5.11 Å². The SMILES string of the molecule is CCN(CC(F)(F)F)C(=O)N[C@@H](C(=O)O)c1ccccc1. The predicted molar refractivity (Wildman–Crippen MR) is 68.7 cm³/mol. The molecule has 0 saturated heterocycles. The highest BCUT2D eigenvalue weighted by molar-refractivity contribution is 5.83. The molecular formula is C13H15F3N2O3. The molecule has 2 N–H and O–H groups in total. The number of urea groups is 1. The van der Waals surface area contributed by atoms with E-state index in [0.717, 1.165) is 0 Å². The van der Waals surface area contributed by atoms with E-state index in [1.165, 1.54) is 19.1 Å². The van der Waals surface area contributed by atoms with Gasteiger partial charge in [-0.3, -0.25) is 0 Å². The third kappa shape index (κ3) is 5.33. The number of nitrogens with one attached hydrogen (secondary N) is 1. The summed E-state index contributed by atoms with van der Waals surface area (Å²) in [4.78, 5) is 23.5. The van der Waals surface area contributed by atoms with Crippen LogP contribution in [-0.4, -0.2) is 41.3 Å². The fourth-order valence-corrected chi connectivity index (χ4v) is 1.69. The highest BCUT2D eigenvalue weighted by Gasteiger charge is 2.33. The van der Waals surface area contributed by atoms with E-state index in [-0.39, 0.29) is 12.1 Å². The Morgan fingerprint density at radius 3 is 2.29 bits per heavy atom. The van der Waals surface area contributed by atoms with Crippen LogP contribution in [0.5, 0.6) is 0 Å². The molecule has 0 aliphatic heterocycles. The van der Waals surface area contributed by atoms with E-state index < -0.39 is 30.8 Å². The Balaban J connectivity index is 2.84. The average Bonchev–Trinajstić information content (AvgIpc) is 2.41. The number of carboxylic acids is 1. The van der Waals surface area contributed by atoms with Gasteiger partial charge in [0.1, 0.15) is 6.54 Å². The number of halogens is 3. The molecule has 8 heteroatoms. The van der Waals surface area contributed by atoms with E-state index in [1.807, 2.05) is 0 Å². The van der Waals surface area contributed by atoms with Crippen LogP contribution in [0.15, 0.2) is 30.3 Å². The van der Waals surface area contributed by atoms with Crippen molar-refractivity contribution in [2.24, 2.45) is 0 Å². The Morgan fingerprint density at radius 2 is 1.86 bits per heavy atom. The number of aliphatic carboxylic acids is 1. The fourth-order valence-electron chi connectivity index (χ4n) is 1.69. The summed E-state index contributed by atoms with van der Waals surface area (Å²) < 4.78 is 37.0. The zero-order valence-corrected chi connectivity index (χ0v) is 11.2. The Labute approximate surface area is 119 Å². The summed E-state index contributed by atoms with van der Waals surface area (Å²) in [5.74, 6) is -1.35. The van der Waals surface area contributed by atoms with Gasteiger partial charge in [-0.2, -0.15) is 13.2 Å². The minimum atomic E-state index is -4.54. The maximum atomic E-state index is 12.3. The molecule has 116 valence electrons. The molecule has 0 radical (unpaired) electrons. The first-order chi connectivity index (χ1) is 9.74. The van der Waals surface area contributed by atoms with Crippen LogP contribution in [0, 0.1) is 0 Å². The van der Waals surface area contributed by atoms with Crippen molar-refractivity contribution in [1.29, 1.82) is 0 Å². The van der Waals surface area contributed by atoms with Crippen molar-refractivity contribution in [3.8, 4) is 0 Å². The topological polar surface area (TPSA) is 69.6 Å². The lowest BCUT2D eigenvalue weighted by Crippen LogP contribution is -2.47. The van der Waals surface area contributed by atoms with Crippen LogP contribution in [0.4, 0.5) is 18.0 Å². The number of rotatable bonds is 5. The Bertz CT molecular complexity index is 491. The number of amides is 2. The van der Waals surface area contributed by atoms with Gasteiger partial charge in [0.25, 0.3) is 0 Å². The molecule has 1 rings (SSSR count). The van der Waals surface area contributed by atoms with Gasteiger partial charge >= 0.3 is 18.2 Å². The third-order valence-corrected chi connectivity index (χ3v) is 2.69. The van der Waals surface area contributed by atoms with Crippen molar-refractivity contribution in [2.45, 2.75) is 19.1 Å². The van der Waals surface area contributed by atoms with Gasteiger partial charge in [-0.25, -0.2) is 9.59 Å². The van der Waals surface area contributed by atoms with Gasteiger partial charge in [-0.15, -0.1) is 0 Å².